The van der Waals surface area contributed by atoms with Crippen LogP contribution in [-0.4, -0.2) is 11.2 Å². The first-order valence-electron chi connectivity index (χ1n) is 6.14. The van der Waals surface area contributed by atoms with Gasteiger partial charge in [-0.25, -0.2) is 8.78 Å². The summed E-state index contributed by atoms with van der Waals surface area (Å²) in [5, 5.41) is 1.95. The van der Waals surface area contributed by atoms with Crippen molar-refractivity contribution in [2.45, 2.75) is 17.1 Å². The molecular weight excluding hydrogens is 360 g/mol. The van der Waals surface area contributed by atoms with E-state index in [1.54, 1.807) is 6.92 Å². The van der Waals surface area contributed by atoms with Gasteiger partial charge in [0.25, 0.3) is 0 Å². The highest BCUT2D eigenvalue weighted by Crippen LogP contribution is 2.31. The molecule has 0 fully saturated rings. The summed E-state index contributed by atoms with van der Waals surface area (Å²) in [6.45, 7) is 1.71. The van der Waals surface area contributed by atoms with Crippen LogP contribution in [0.5, 0.6) is 0 Å². The topological polar surface area (TPSA) is 29.1 Å². The van der Waals surface area contributed by atoms with Crippen molar-refractivity contribution in [2.24, 2.45) is 0 Å². The molecule has 0 aliphatic carbocycles. The lowest BCUT2D eigenvalue weighted by molar-refractivity contribution is -0.115. The molecule has 2 aromatic carbocycles. The Morgan fingerprint density at radius 3 is 2.67 bits per heavy atom. The van der Waals surface area contributed by atoms with Gasteiger partial charge in [-0.15, -0.1) is 11.8 Å². The van der Waals surface area contributed by atoms with Gasteiger partial charge in [0.1, 0.15) is 11.6 Å². The molecule has 1 amide bonds. The number of halogens is 3. The quantitative estimate of drug-likeness (QED) is 0.778. The number of amides is 1. The smallest absolute Gasteiger partial charge is 0.237 e. The molecule has 2 nitrogen and oxygen atoms in total. The molecule has 0 aromatic heterocycles. The maximum absolute atomic E-state index is 13.5. The fraction of sp³-hybridized carbons (Fsp3) is 0.133. The van der Waals surface area contributed by atoms with E-state index in [9.17, 15) is 13.6 Å². The number of carbonyl (C=O) groups is 1. The minimum absolute atomic E-state index is 0.153. The normalized spacial score (nSPS) is 12.0. The Morgan fingerprint density at radius 1 is 1.24 bits per heavy atom. The highest BCUT2D eigenvalue weighted by molar-refractivity contribution is 9.10. The minimum Gasteiger partial charge on any atom is -0.323 e. The number of hydrogen-bond donors (Lipinski definition) is 1. The third kappa shape index (κ3) is 4.28. The molecule has 1 N–H and O–H groups in total. The highest BCUT2D eigenvalue weighted by Gasteiger charge is 2.17. The predicted octanol–water partition coefficient (Wildman–Crippen LogP) is 4.85. The summed E-state index contributed by atoms with van der Waals surface area (Å²) in [7, 11) is 0. The lowest BCUT2D eigenvalue weighted by Gasteiger charge is -2.13. The van der Waals surface area contributed by atoms with Gasteiger partial charge in [-0.1, -0.05) is 12.1 Å². The van der Waals surface area contributed by atoms with Crippen molar-refractivity contribution >= 4 is 39.3 Å². The van der Waals surface area contributed by atoms with Crippen molar-refractivity contribution in [3.05, 3.63) is 58.6 Å². The van der Waals surface area contributed by atoms with E-state index in [1.807, 2.05) is 24.3 Å². The molecule has 0 saturated heterocycles. The summed E-state index contributed by atoms with van der Waals surface area (Å²) in [6.07, 6.45) is 0. The van der Waals surface area contributed by atoms with Crippen LogP contribution in [0.15, 0.2) is 51.8 Å². The number of carbonyl (C=O) groups excluding carboxylic acids is 1. The maximum Gasteiger partial charge on any atom is 0.237 e. The van der Waals surface area contributed by atoms with Crippen LogP contribution in [0.4, 0.5) is 14.5 Å². The van der Waals surface area contributed by atoms with Crippen molar-refractivity contribution < 1.29 is 13.6 Å². The number of benzene rings is 2. The van der Waals surface area contributed by atoms with Crippen LogP contribution in [0.1, 0.15) is 6.92 Å². The number of hydrogen-bond acceptors (Lipinski definition) is 2. The molecule has 0 unspecified atom stereocenters. The highest BCUT2D eigenvalue weighted by atomic mass is 79.9. The second kappa shape index (κ2) is 7.04. The molecule has 2 aromatic rings. The molecule has 2 rings (SSSR count). The van der Waals surface area contributed by atoms with Crippen molar-refractivity contribution in [1.29, 1.82) is 0 Å². The van der Waals surface area contributed by atoms with E-state index in [1.165, 1.54) is 11.8 Å². The van der Waals surface area contributed by atoms with Crippen molar-refractivity contribution in [2.75, 3.05) is 5.32 Å². The first kappa shape index (κ1) is 16.0. The molecule has 0 saturated carbocycles. The summed E-state index contributed by atoms with van der Waals surface area (Å²) in [6, 6.07) is 10.4. The monoisotopic (exact) mass is 371 g/mol. The lowest BCUT2D eigenvalue weighted by atomic mass is 10.3. The molecule has 6 heteroatoms. The zero-order chi connectivity index (χ0) is 15.4. The van der Waals surface area contributed by atoms with Gasteiger partial charge in [-0.3, -0.25) is 4.79 Å². The Kier molecular flexibility index (Phi) is 5.36. The van der Waals surface area contributed by atoms with Crippen molar-refractivity contribution in [3.8, 4) is 0 Å². The zero-order valence-corrected chi connectivity index (χ0v) is 13.5. The zero-order valence-electron chi connectivity index (χ0n) is 11.1. The number of anilines is 1. The van der Waals surface area contributed by atoms with E-state index in [-0.39, 0.29) is 11.6 Å². The van der Waals surface area contributed by atoms with E-state index >= 15 is 0 Å². The van der Waals surface area contributed by atoms with Crippen LogP contribution in [-0.2, 0) is 4.79 Å². The molecule has 0 spiro atoms. The van der Waals surface area contributed by atoms with Crippen LogP contribution in [0, 0.1) is 11.6 Å². The van der Waals surface area contributed by atoms with Gasteiger partial charge in [0, 0.05) is 15.4 Å². The summed E-state index contributed by atoms with van der Waals surface area (Å²) < 4.78 is 27.4. The summed E-state index contributed by atoms with van der Waals surface area (Å²) >= 11 is 4.73. The molecule has 0 heterocycles. The first-order chi connectivity index (χ1) is 9.97. The molecule has 21 heavy (non-hydrogen) atoms. The van der Waals surface area contributed by atoms with E-state index in [0.717, 1.165) is 27.6 Å². The summed E-state index contributed by atoms with van der Waals surface area (Å²) in [5.74, 6) is -1.65. The minimum atomic E-state index is -0.664. The molecule has 0 bridgehead atoms. The van der Waals surface area contributed by atoms with Crippen LogP contribution in [0.3, 0.4) is 0 Å². The predicted molar refractivity (Wildman–Crippen MR) is 84.4 cm³/mol. The Bertz CT molecular complexity index is 666. The first-order valence-corrected chi connectivity index (χ1v) is 7.81. The Hall–Kier alpha value is -1.40. The van der Waals surface area contributed by atoms with Crippen LogP contribution >= 0.6 is 27.7 Å². The van der Waals surface area contributed by atoms with Crippen LogP contribution in [0.2, 0.25) is 0 Å². The molecule has 110 valence electrons. The fourth-order valence-corrected chi connectivity index (χ4v) is 3.06. The van der Waals surface area contributed by atoms with Gasteiger partial charge >= 0.3 is 0 Å². The summed E-state index contributed by atoms with van der Waals surface area (Å²) in [4.78, 5) is 13.0. The lowest BCUT2D eigenvalue weighted by Crippen LogP contribution is -2.23. The molecule has 1 atom stereocenters. The van der Waals surface area contributed by atoms with E-state index < -0.39 is 16.9 Å². The van der Waals surface area contributed by atoms with E-state index in [2.05, 4.69) is 21.2 Å². The average molecular weight is 372 g/mol. The molecule has 0 aliphatic heterocycles. The van der Waals surface area contributed by atoms with Crippen molar-refractivity contribution in [3.63, 3.8) is 0 Å². The Balaban J connectivity index is 2.06. The molecular formula is C15H12BrF2NOS. The van der Waals surface area contributed by atoms with Crippen LogP contribution < -0.4 is 5.32 Å². The Labute approximate surface area is 134 Å². The van der Waals surface area contributed by atoms with Gasteiger partial charge in [0.15, 0.2) is 0 Å². The number of thioether (sulfide) groups is 1. The molecule has 0 radical (unpaired) electrons. The maximum atomic E-state index is 13.5. The van der Waals surface area contributed by atoms with Gasteiger partial charge < -0.3 is 5.32 Å². The molecule has 0 aliphatic rings. The second-order valence-corrected chi connectivity index (χ2v) is 6.54. The van der Waals surface area contributed by atoms with Crippen LogP contribution in [0.25, 0.3) is 0 Å². The second-order valence-electron chi connectivity index (χ2n) is 4.30. The number of nitrogens with one attached hydrogen (secondary N) is 1. The SMILES string of the molecule is C[C@@H](Sc1ccccc1Br)C(=O)Nc1cc(F)ccc1F. The van der Waals surface area contributed by atoms with Crippen molar-refractivity contribution in [1.82, 2.24) is 0 Å². The summed E-state index contributed by atoms with van der Waals surface area (Å²) in [5.41, 5.74) is -0.153. The Morgan fingerprint density at radius 2 is 1.95 bits per heavy atom. The van der Waals surface area contributed by atoms with E-state index in [4.69, 9.17) is 0 Å². The van der Waals surface area contributed by atoms with Gasteiger partial charge in [-0.05, 0) is 47.1 Å². The standard InChI is InChI=1S/C15H12BrF2NOS/c1-9(21-14-5-3-2-4-11(14)16)15(20)19-13-8-10(17)6-7-12(13)18/h2-9H,1H3,(H,19,20)/t9-/m1/s1. The third-order valence-corrected chi connectivity index (χ3v) is 4.83. The average Bonchev–Trinajstić information content (AvgIpc) is 2.45. The van der Waals surface area contributed by atoms with Gasteiger partial charge in [0.2, 0.25) is 5.91 Å². The fourth-order valence-electron chi connectivity index (χ4n) is 1.61. The van der Waals surface area contributed by atoms with E-state index in [0.29, 0.717) is 0 Å². The largest absolute Gasteiger partial charge is 0.323 e. The van der Waals surface area contributed by atoms with Gasteiger partial charge in [0.05, 0.1) is 10.9 Å². The third-order valence-electron chi connectivity index (χ3n) is 2.70. The number of rotatable bonds is 4. The van der Waals surface area contributed by atoms with Gasteiger partial charge in [-0.2, -0.15) is 0 Å².